The zero-order chi connectivity index (χ0) is 14.6. The summed E-state index contributed by atoms with van der Waals surface area (Å²) in [6.07, 6.45) is 2.86. The van der Waals surface area contributed by atoms with E-state index >= 15 is 0 Å². The van der Waals surface area contributed by atoms with Gasteiger partial charge in [-0.05, 0) is 32.8 Å². The summed E-state index contributed by atoms with van der Waals surface area (Å²) in [7, 11) is 0. The lowest BCUT2D eigenvalue weighted by Crippen LogP contribution is -2.42. The molecule has 2 rings (SSSR count). The Morgan fingerprint density at radius 1 is 1.40 bits per heavy atom. The highest BCUT2D eigenvalue weighted by Gasteiger charge is 2.37. The molecule has 0 radical (unpaired) electrons. The van der Waals surface area contributed by atoms with Gasteiger partial charge in [-0.15, -0.1) is 6.58 Å². The van der Waals surface area contributed by atoms with Gasteiger partial charge in [0, 0.05) is 12.1 Å². The molecule has 3 heteroatoms. The molecule has 3 atom stereocenters. The molecule has 1 aromatic carbocycles. The largest absolute Gasteiger partial charge is 0.348 e. The molecule has 0 amide bonds. The average molecular weight is 275 g/mol. The maximum absolute atomic E-state index is 5.97. The van der Waals surface area contributed by atoms with Crippen molar-refractivity contribution in [2.24, 2.45) is 0 Å². The average Bonchev–Trinajstić information content (AvgIpc) is 2.79. The Kier molecular flexibility index (Phi) is 4.97. The van der Waals surface area contributed by atoms with Crippen molar-refractivity contribution >= 4 is 0 Å². The Bertz CT molecular complexity index is 430. The van der Waals surface area contributed by atoms with Crippen LogP contribution in [0.15, 0.2) is 43.0 Å². The van der Waals surface area contributed by atoms with Crippen molar-refractivity contribution < 1.29 is 9.47 Å². The molecule has 0 aliphatic carbocycles. The molecular weight excluding hydrogens is 250 g/mol. The molecular formula is C17H25NO2. The van der Waals surface area contributed by atoms with Gasteiger partial charge in [0.05, 0.1) is 12.7 Å². The van der Waals surface area contributed by atoms with E-state index in [4.69, 9.17) is 9.47 Å². The lowest BCUT2D eigenvalue weighted by molar-refractivity contribution is -0.141. The van der Waals surface area contributed by atoms with Crippen molar-refractivity contribution in [1.82, 2.24) is 5.32 Å². The molecule has 0 saturated carbocycles. The van der Waals surface area contributed by atoms with E-state index in [1.807, 2.05) is 26.0 Å². The molecule has 0 spiro atoms. The minimum absolute atomic E-state index is 0.0640. The first-order chi connectivity index (χ1) is 9.52. The minimum atomic E-state index is -0.484. The zero-order valence-electron chi connectivity index (χ0n) is 12.6. The molecule has 1 unspecified atom stereocenters. The molecule has 1 heterocycles. The van der Waals surface area contributed by atoms with E-state index in [9.17, 15) is 0 Å². The Morgan fingerprint density at radius 2 is 2.10 bits per heavy atom. The van der Waals surface area contributed by atoms with Gasteiger partial charge in [0.1, 0.15) is 0 Å². The van der Waals surface area contributed by atoms with E-state index < -0.39 is 5.79 Å². The SMILES string of the molecule is C=CCC(N[C@@H](C)c1ccccc1)[C@H]1COC(C)(C)O1. The third-order valence-corrected chi connectivity index (χ3v) is 3.66. The molecule has 1 aromatic rings. The van der Waals surface area contributed by atoms with Crippen LogP contribution in [0.4, 0.5) is 0 Å². The van der Waals surface area contributed by atoms with Gasteiger partial charge in [0.15, 0.2) is 5.79 Å². The normalized spacial score (nSPS) is 24.2. The van der Waals surface area contributed by atoms with Crippen LogP contribution in [0.1, 0.15) is 38.8 Å². The number of benzene rings is 1. The number of ether oxygens (including phenoxy) is 2. The summed E-state index contributed by atoms with van der Waals surface area (Å²) in [6.45, 7) is 10.6. The Balaban J connectivity index is 2.01. The van der Waals surface area contributed by atoms with Gasteiger partial charge in [-0.2, -0.15) is 0 Å². The lowest BCUT2D eigenvalue weighted by Gasteiger charge is -2.27. The van der Waals surface area contributed by atoms with E-state index in [0.717, 1.165) is 6.42 Å². The smallest absolute Gasteiger partial charge is 0.163 e. The van der Waals surface area contributed by atoms with E-state index in [-0.39, 0.29) is 18.2 Å². The molecule has 110 valence electrons. The molecule has 3 nitrogen and oxygen atoms in total. The molecule has 20 heavy (non-hydrogen) atoms. The molecule has 1 aliphatic rings. The van der Waals surface area contributed by atoms with Crippen molar-refractivity contribution in [3.05, 3.63) is 48.6 Å². The van der Waals surface area contributed by atoms with Crippen LogP contribution in [0.3, 0.4) is 0 Å². The molecule has 1 fully saturated rings. The van der Waals surface area contributed by atoms with Gasteiger partial charge >= 0.3 is 0 Å². The van der Waals surface area contributed by atoms with Crippen molar-refractivity contribution in [2.45, 2.75) is 51.2 Å². The first-order valence-corrected chi connectivity index (χ1v) is 7.25. The number of hydrogen-bond donors (Lipinski definition) is 1. The van der Waals surface area contributed by atoms with Crippen LogP contribution in [0.5, 0.6) is 0 Å². The summed E-state index contributed by atoms with van der Waals surface area (Å²) in [6, 6.07) is 10.9. The van der Waals surface area contributed by atoms with Crippen LogP contribution >= 0.6 is 0 Å². The highest BCUT2D eigenvalue weighted by Crippen LogP contribution is 2.26. The number of rotatable bonds is 6. The fourth-order valence-electron chi connectivity index (χ4n) is 2.58. The second kappa shape index (κ2) is 6.53. The Hall–Kier alpha value is -1.16. The van der Waals surface area contributed by atoms with E-state index in [1.54, 1.807) is 0 Å². The maximum Gasteiger partial charge on any atom is 0.163 e. The summed E-state index contributed by atoms with van der Waals surface area (Å²) in [4.78, 5) is 0. The van der Waals surface area contributed by atoms with Gasteiger partial charge in [0.2, 0.25) is 0 Å². The molecule has 1 N–H and O–H groups in total. The quantitative estimate of drug-likeness (QED) is 0.807. The van der Waals surface area contributed by atoms with Crippen molar-refractivity contribution in [3.8, 4) is 0 Å². The van der Waals surface area contributed by atoms with E-state index in [0.29, 0.717) is 6.61 Å². The molecule has 0 aromatic heterocycles. The first-order valence-electron chi connectivity index (χ1n) is 7.25. The van der Waals surface area contributed by atoms with E-state index in [1.165, 1.54) is 5.56 Å². The number of nitrogens with one attached hydrogen (secondary N) is 1. The fourth-order valence-corrected chi connectivity index (χ4v) is 2.58. The second-order valence-corrected chi connectivity index (χ2v) is 5.80. The third-order valence-electron chi connectivity index (χ3n) is 3.66. The highest BCUT2D eigenvalue weighted by atomic mass is 16.7. The first kappa shape index (κ1) is 15.2. The van der Waals surface area contributed by atoms with Gasteiger partial charge < -0.3 is 14.8 Å². The van der Waals surface area contributed by atoms with Crippen LogP contribution in [-0.2, 0) is 9.47 Å². The molecule has 0 bridgehead atoms. The summed E-state index contributed by atoms with van der Waals surface area (Å²) in [5, 5.41) is 3.64. The van der Waals surface area contributed by atoms with Crippen LogP contribution in [0, 0.1) is 0 Å². The van der Waals surface area contributed by atoms with Crippen molar-refractivity contribution in [1.29, 1.82) is 0 Å². The summed E-state index contributed by atoms with van der Waals surface area (Å²) < 4.78 is 11.6. The third kappa shape index (κ3) is 3.92. The van der Waals surface area contributed by atoms with Gasteiger partial charge in [-0.1, -0.05) is 36.4 Å². The summed E-state index contributed by atoms with van der Waals surface area (Å²) in [5.74, 6) is -0.484. The molecule has 1 aliphatic heterocycles. The van der Waals surface area contributed by atoms with Gasteiger partial charge in [-0.25, -0.2) is 0 Å². The van der Waals surface area contributed by atoms with Gasteiger partial charge in [0.25, 0.3) is 0 Å². The topological polar surface area (TPSA) is 30.5 Å². The predicted octanol–water partition coefficient (Wildman–Crippen LogP) is 3.43. The Morgan fingerprint density at radius 3 is 2.65 bits per heavy atom. The lowest BCUT2D eigenvalue weighted by atomic mass is 10.0. The minimum Gasteiger partial charge on any atom is -0.348 e. The standard InChI is InChI=1S/C17H25NO2/c1-5-9-15(16-12-19-17(3,4)20-16)18-13(2)14-10-7-6-8-11-14/h5-8,10-11,13,15-16,18H,1,9,12H2,2-4H3/t13-,15?,16+/m0/s1. The van der Waals surface area contributed by atoms with Gasteiger partial charge in [-0.3, -0.25) is 0 Å². The highest BCUT2D eigenvalue weighted by molar-refractivity contribution is 5.18. The number of hydrogen-bond acceptors (Lipinski definition) is 3. The Labute approximate surface area is 122 Å². The molecule has 1 saturated heterocycles. The maximum atomic E-state index is 5.97. The summed E-state index contributed by atoms with van der Waals surface area (Å²) >= 11 is 0. The monoisotopic (exact) mass is 275 g/mol. The van der Waals surface area contributed by atoms with Crippen LogP contribution < -0.4 is 5.32 Å². The van der Waals surface area contributed by atoms with Crippen LogP contribution in [0.25, 0.3) is 0 Å². The summed E-state index contributed by atoms with van der Waals surface area (Å²) in [5.41, 5.74) is 1.28. The van der Waals surface area contributed by atoms with Crippen molar-refractivity contribution in [3.63, 3.8) is 0 Å². The van der Waals surface area contributed by atoms with Crippen molar-refractivity contribution in [2.75, 3.05) is 6.61 Å². The fraction of sp³-hybridized carbons (Fsp3) is 0.529. The van der Waals surface area contributed by atoms with Crippen LogP contribution in [0.2, 0.25) is 0 Å². The zero-order valence-corrected chi connectivity index (χ0v) is 12.6. The predicted molar refractivity (Wildman–Crippen MR) is 81.5 cm³/mol. The van der Waals surface area contributed by atoms with E-state index in [2.05, 4.69) is 43.1 Å². The van der Waals surface area contributed by atoms with Crippen LogP contribution in [-0.4, -0.2) is 24.5 Å². The second-order valence-electron chi connectivity index (χ2n) is 5.80.